The number of carbonyl (C=O) groups excluding carboxylic acids is 1. The molecule has 1 N–H and O–H groups in total. The number of hydrogen-bond acceptors (Lipinski definition) is 4. The Balaban J connectivity index is 1.51. The molecule has 0 spiro atoms. The minimum absolute atomic E-state index is 0.0593. The van der Waals surface area contributed by atoms with Crippen LogP contribution in [0.25, 0.3) is 6.08 Å². The van der Waals surface area contributed by atoms with Crippen LogP contribution in [0.4, 0.5) is 0 Å². The lowest BCUT2D eigenvalue weighted by molar-refractivity contribution is -0.127. The normalized spacial score (nSPS) is 25.7. The Bertz CT molecular complexity index is 802. The Labute approximate surface area is 175 Å². The lowest BCUT2D eigenvalue weighted by Crippen LogP contribution is -2.56. The van der Waals surface area contributed by atoms with Crippen LogP contribution in [0.1, 0.15) is 45.1 Å². The van der Waals surface area contributed by atoms with Crippen molar-refractivity contribution < 1.29 is 13.2 Å². The summed E-state index contributed by atoms with van der Waals surface area (Å²) < 4.78 is 26.7. The van der Waals surface area contributed by atoms with E-state index in [-0.39, 0.29) is 18.0 Å². The molecule has 7 heteroatoms. The van der Waals surface area contributed by atoms with Crippen molar-refractivity contribution in [2.24, 2.45) is 5.92 Å². The van der Waals surface area contributed by atoms with Gasteiger partial charge >= 0.3 is 0 Å². The van der Waals surface area contributed by atoms with Gasteiger partial charge < -0.3 is 5.32 Å². The number of carbonyl (C=O) groups is 1. The van der Waals surface area contributed by atoms with Gasteiger partial charge in [0.2, 0.25) is 15.9 Å². The second-order valence-corrected chi connectivity index (χ2v) is 10.1. The highest BCUT2D eigenvalue weighted by Crippen LogP contribution is 2.24. The van der Waals surface area contributed by atoms with E-state index in [1.165, 1.54) is 29.0 Å². The van der Waals surface area contributed by atoms with Gasteiger partial charge in [-0.3, -0.25) is 9.69 Å². The zero-order valence-corrected chi connectivity index (χ0v) is 18.3. The number of rotatable bonds is 6. The van der Waals surface area contributed by atoms with E-state index in [2.05, 4.69) is 17.1 Å². The van der Waals surface area contributed by atoms with Crippen LogP contribution in [-0.4, -0.2) is 61.8 Å². The topological polar surface area (TPSA) is 69.7 Å². The van der Waals surface area contributed by atoms with Crippen molar-refractivity contribution in [3.8, 4) is 0 Å². The first-order valence-corrected chi connectivity index (χ1v) is 12.1. The molecular formula is C22H33N3O3S. The Hall–Kier alpha value is -1.70. The van der Waals surface area contributed by atoms with E-state index in [1.54, 1.807) is 6.08 Å². The second kappa shape index (κ2) is 9.87. The monoisotopic (exact) mass is 419 g/mol. The van der Waals surface area contributed by atoms with Crippen LogP contribution >= 0.6 is 0 Å². The van der Waals surface area contributed by atoms with Crippen molar-refractivity contribution in [3.63, 3.8) is 0 Å². The van der Waals surface area contributed by atoms with Gasteiger partial charge in [-0.15, -0.1) is 0 Å². The number of hydrogen-bond donors (Lipinski definition) is 1. The maximum Gasteiger partial charge on any atom is 0.237 e. The predicted octanol–water partition coefficient (Wildman–Crippen LogP) is 2.69. The summed E-state index contributed by atoms with van der Waals surface area (Å²) in [5.74, 6) is 0.585. The van der Waals surface area contributed by atoms with E-state index in [4.69, 9.17) is 0 Å². The zero-order valence-electron chi connectivity index (χ0n) is 17.5. The highest BCUT2D eigenvalue weighted by atomic mass is 32.2. The number of nitrogens with one attached hydrogen (secondary N) is 1. The van der Waals surface area contributed by atoms with Crippen molar-refractivity contribution >= 4 is 22.0 Å². The molecule has 1 aromatic carbocycles. The summed E-state index contributed by atoms with van der Waals surface area (Å²) in [5, 5.41) is 4.50. The third kappa shape index (κ3) is 5.90. The Kier molecular flexibility index (Phi) is 7.49. The molecule has 1 aliphatic heterocycles. The van der Waals surface area contributed by atoms with E-state index in [0.717, 1.165) is 12.0 Å². The van der Waals surface area contributed by atoms with Crippen LogP contribution < -0.4 is 5.32 Å². The molecule has 0 aromatic heterocycles. The summed E-state index contributed by atoms with van der Waals surface area (Å²) in [4.78, 5) is 14.8. The molecule has 29 heavy (non-hydrogen) atoms. The predicted molar refractivity (Wildman–Crippen MR) is 117 cm³/mol. The van der Waals surface area contributed by atoms with Crippen LogP contribution in [0.5, 0.6) is 0 Å². The molecule has 3 rings (SSSR count). The maximum atomic E-state index is 12.7. The molecule has 3 atom stereocenters. The zero-order chi connectivity index (χ0) is 20.9. The molecule has 1 aromatic rings. The third-order valence-electron chi connectivity index (χ3n) is 6.23. The molecule has 1 aliphatic carbocycles. The maximum absolute atomic E-state index is 12.7. The van der Waals surface area contributed by atoms with Gasteiger partial charge in [0.15, 0.2) is 0 Å². The van der Waals surface area contributed by atoms with E-state index >= 15 is 0 Å². The largest absolute Gasteiger partial charge is 0.352 e. The van der Waals surface area contributed by atoms with Crippen LogP contribution in [0, 0.1) is 5.92 Å². The molecule has 2 aliphatic rings. The summed E-state index contributed by atoms with van der Waals surface area (Å²) in [6.45, 7) is 6.06. The SMILES string of the molecule is C[C@@H]1CCCC[C@@H]1NC(=O)[C@@H](C)N1CCN(S(=O)(=O)/C=C/c2ccccc2)CC1. The molecular weight excluding hydrogens is 386 g/mol. The van der Waals surface area contributed by atoms with Crippen molar-refractivity contribution in [2.45, 2.75) is 51.6 Å². The molecule has 0 bridgehead atoms. The highest BCUT2D eigenvalue weighted by molar-refractivity contribution is 7.92. The van der Waals surface area contributed by atoms with Crippen molar-refractivity contribution in [1.29, 1.82) is 0 Å². The van der Waals surface area contributed by atoms with Crippen LogP contribution in [0.3, 0.4) is 0 Å². The third-order valence-corrected chi connectivity index (χ3v) is 7.80. The summed E-state index contributed by atoms with van der Waals surface area (Å²) in [6, 6.07) is 9.43. The van der Waals surface area contributed by atoms with Crippen molar-refractivity contribution in [1.82, 2.24) is 14.5 Å². The van der Waals surface area contributed by atoms with E-state index in [1.807, 2.05) is 37.3 Å². The Morgan fingerprint density at radius 1 is 1.10 bits per heavy atom. The average Bonchev–Trinajstić information content (AvgIpc) is 2.74. The molecule has 2 fully saturated rings. The van der Waals surface area contributed by atoms with Gasteiger partial charge in [-0.1, -0.05) is 50.1 Å². The Morgan fingerprint density at radius 2 is 1.76 bits per heavy atom. The molecule has 1 saturated heterocycles. The molecule has 1 saturated carbocycles. The van der Waals surface area contributed by atoms with Gasteiger partial charge in [0, 0.05) is 37.6 Å². The van der Waals surface area contributed by atoms with Gasteiger partial charge in [0.1, 0.15) is 0 Å². The van der Waals surface area contributed by atoms with Gasteiger partial charge in [-0.25, -0.2) is 8.42 Å². The molecule has 0 unspecified atom stereocenters. The quantitative estimate of drug-likeness (QED) is 0.770. The molecule has 1 heterocycles. The van der Waals surface area contributed by atoms with Crippen LogP contribution in [0.2, 0.25) is 0 Å². The van der Waals surface area contributed by atoms with E-state index < -0.39 is 10.0 Å². The summed E-state index contributed by atoms with van der Waals surface area (Å²) in [7, 11) is -3.46. The minimum atomic E-state index is -3.46. The minimum Gasteiger partial charge on any atom is -0.352 e. The standard InChI is InChI=1S/C22H33N3O3S/c1-18-8-6-7-11-21(18)23-22(26)19(2)24-13-15-25(16-14-24)29(27,28)17-12-20-9-4-3-5-10-20/h3-5,9-10,12,17-19,21H,6-8,11,13-16H2,1-2H3,(H,23,26)/b17-12+/t18-,19-,21+/m1/s1. The van der Waals surface area contributed by atoms with Gasteiger partial charge in [-0.05, 0) is 37.3 Å². The van der Waals surface area contributed by atoms with Crippen molar-refractivity contribution in [3.05, 3.63) is 41.3 Å². The number of sulfonamides is 1. The first kappa shape index (κ1) is 22.0. The highest BCUT2D eigenvalue weighted by Gasteiger charge is 2.31. The molecule has 0 radical (unpaired) electrons. The second-order valence-electron chi connectivity index (χ2n) is 8.25. The fraction of sp³-hybridized carbons (Fsp3) is 0.591. The first-order chi connectivity index (χ1) is 13.9. The fourth-order valence-electron chi connectivity index (χ4n) is 4.16. The van der Waals surface area contributed by atoms with Gasteiger partial charge in [-0.2, -0.15) is 4.31 Å². The molecule has 6 nitrogen and oxygen atoms in total. The first-order valence-electron chi connectivity index (χ1n) is 10.6. The smallest absolute Gasteiger partial charge is 0.237 e. The van der Waals surface area contributed by atoms with Crippen LogP contribution in [-0.2, 0) is 14.8 Å². The summed E-state index contributed by atoms with van der Waals surface area (Å²) >= 11 is 0. The number of nitrogens with zero attached hydrogens (tertiary/aromatic N) is 2. The van der Waals surface area contributed by atoms with E-state index in [9.17, 15) is 13.2 Å². The number of benzene rings is 1. The lowest BCUT2D eigenvalue weighted by Gasteiger charge is -2.37. The average molecular weight is 420 g/mol. The Morgan fingerprint density at radius 3 is 2.41 bits per heavy atom. The van der Waals surface area contributed by atoms with Crippen LogP contribution in [0.15, 0.2) is 35.7 Å². The molecule has 160 valence electrons. The van der Waals surface area contributed by atoms with Gasteiger partial charge in [0.05, 0.1) is 6.04 Å². The number of amides is 1. The summed E-state index contributed by atoms with van der Waals surface area (Å²) in [6.07, 6.45) is 6.28. The van der Waals surface area contributed by atoms with E-state index in [0.29, 0.717) is 32.1 Å². The number of piperazine rings is 1. The van der Waals surface area contributed by atoms with Crippen molar-refractivity contribution in [2.75, 3.05) is 26.2 Å². The summed E-state index contributed by atoms with van der Waals surface area (Å²) in [5.41, 5.74) is 0.858. The lowest BCUT2D eigenvalue weighted by atomic mass is 9.86. The molecule has 1 amide bonds. The fourth-order valence-corrected chi connectivity index (χ4v) is 5.33. The van der Waals surface area contributed by atoms with Gasteiger partial charge in [0.25, 0.3) is 0 Å².